The maximum Gasteiger partial charge on any atom is 0.317 e. The number of rotatable bonds is 8. The lowest BCUT2D eigenvalue weighted by Crippen LogP contribution is -2.60. The number of phenols is 2. The van der Waals surface area contributed by atoms with E-state index in [9.17, 15) is 39.9 Å². The molecular formula is C25H24O14. The normalized spacial score (nSPS) is 22.8. The number of carboxylic acid groups (broad SMARTS) is 1. The molecule has 1 saturated heterocycles. The van der Waals surface area contributed by atoms with Crippen molar-refractivity contribution in [1.82, 2.24) is 0 Å². The van der Waals surface area contributed by atoms with Crippen LogP contribution in [0, 0.1) is 0 Å². The lowest BCUT2D eigenvalue weighted by atomic mass is 9.99. The van der Waals surface area contributed by atoms with Gasteiger partial charge in [0.2, 0.25) is 11.7 Å². The molecule has 5 unspecified atom stereocenters. The third-order valence-electron chi connectivity index (χ3n) is 5.95. The number of carbonyl (C=O) groups excluding carboxylic acids is 1. The van der Waals surface area contributed by atoms with E-state index >= 15 is 0 Å². The molecule has 1 aliphatic rings. The first kappa shape index (κ1) is 27.7. The van der Waals surface area contributed by atoms with Gasteiger partial charge in [0.15, 0.2) is 11.5 Å². The van der Waals surface area contributed by atoms with Gasteiger partial charge in [0.1, 0.15) is 66.2 Å². The number of phenolic OH excluding ortho intramolecular Hbond substituents is 2. The fourth-order valence-corrected chi connectivity index (χ4v) is 3.97. The van der Waals surface area contributed by atoms with Gasteiger partial charge < -0.3 is 54.0 Å². The maximum atomic E-state index is 13.1. The van der Waals surface area contributed by atoms with Crippen molar-refractivity contribution in [2.24, 2.45) is 0 Å². The molecule has 39 heavy (non-hydrogen) atoms. The minimum absolute atomic E-state index is 0.0351. The average molecular weight is 548 g/mol. The van der Waals surface area contributed by atoms with E-state index in [0.717, 1.165) is 12.3 Å². The molecule has 0 bridgehead atoms. The first-order chi connectivity index (χ1) is 18.5. The van der Waals surface area contributed by atoms with Gasteiger partial charge in [0, 0.05) is 12.1 Å². The molecule has 0 aliphatic carbocycles. The van der Waals surface area contributed by atoms with Crippen LogP contribution < -0.4 is 14.9 Å². The van der Waals surface area contributed by atoms with E-state index < -0.39 is 66.9 Å². The van der Waals surface area contributed by atoms with Crippen molar-refractivity contribution in [1.29, 1.82) is 0 Å². The van der Waals surface area contributed by atoms with Gasteiger partial charge in [-0.2, -0.15) is 0 Å². The van der Waals surface area contributed by atoms with Crippen LogP contribution in [-0.2, 0) is 19.1 Å². The molecule has 0 radical (unpaired) electrons. The number of hydrogen-bond acceptors (Lipinski definition) is 13. The molecule has 4 rings (SSSR count). The van der Waals surface area contributed by atoms with E-state index in [2.05, 4.69) is 0 Å². The van der Waals surface area contributed by atoms with Crippen LogP contribution in [0.3, 0.4) is 0 Å². The van der Waals surface area contributed by atoms with Gasteiger partial charge in [-0.1, -0.05) is 6.07 Å². The van der Waals surface area contributed by atoms with Gasteiger partial charge in [-0.25, -0.2) is 0 Å². The lowest BCUT2D eigenvalue weighted by Gasteiger charge is -2.39. The molecule has 2 aromatic carbocycles. The van der Waals surface area contributed by atoms with Crippen LogP contribution >= 0.6 is 0 Å². The predicted molar refractivity (Wildman–Crippen MR) is 128 cm³/mol. The monoisotopic (exact) mass is 548 g/mol. The summed E-state index contributed by atoms with van der Waals surface area (Å²) in [4.78, 5) is 35.2. The molecule has 0 spiro atoms. The number of fused-ring (bicyclic) bond motifs is 1. The Morgan fingerprint density at radius 1 is 1.00 bits per heavy atom. The van der Waals surface area contributed by atoms with Crippen LogP contribution in [0.15, 0.2) is 45.8 Å². The number of aliphatic hydroxyl groups excluding tert-OH is 3. The highest BCUT2D eigenvalue weighted by molar-refractivity contribution is 5.90. The molecule has 3 aromatic rings. The van der Waals surface area contributed by atoms with Crippen molar-refractivity contribution >= 4 is 22.9 Å². The Hall–Kier alpha value is -4.37. The maximum absolute atomic E-state index is 13.1. The zero-order valence-electron chi connectivity index (χ0n) is 20.2. The Bertz CT molecular complexity index is 1450. The van der Waals surface area contributed by atoms with E-state index in [1.807, 2.05) is 0 Å². The number of aliphatic carboxylic acids is 1. The van der Waals surface area contributed by atoms with E-state index in [1.54, 1.807) is 0 Å². The highest BCUT2D eigenvalue weighted by Crippen LogP contribution is 2.34. The average Bonchev–Trinajstić information content (AvgIpc) is 2.87. The van der Waals surface area contributed by atoms with Crippen molar-refractivity contribution < 1.29 is 63.6 Å². The Balaban J connectivity index is 1.57. The Morgan fingerprint density at radius 2 is 1.74 bits per heavy atom. The first-order valence-electron chi connectivity index (χ1n) is 11.4. The second kappa shape index (κ2) is 11.2. The number of aliphatic hydroxyl groups is 3. The third-order valence-corrected chi connectivity index (χ3v) is 5.95. The van der Waals surface area contributed by atoms with Gasteiger partial charge >= 0.3 is 11.9 Å². The van der Waals surface area contributed by atoms with Crippen molar-refractivity contribution in [3.8, 4) is 34.1 Å². The zero-order chi connectivity index (χ0) is 28.4. The topological polar surface area (TPSA) is 223 Å². The fraction of sp³-hybridized carbons (Fsp3) is 0.320. The summed E-state index contributed by atoms with van der Waals surface area (Å²) in [6, 6.07) is 6.50. The van der Waals surface area contributed by atoms with E-state index in [-0.39, 0.29) is 33.8 Å². The van der Waals surface area contributed by atoms with Crippen molar-refractivity contribution in [2.75, 3.05) is 13.7 Å². The number of benzene rings is 2. The SMILES string of the molecule is COc1ccc(-c2coc3cc(OC4OC(COC(=O)CC(=O)O)C(O)C(O)C4O)cc(O)c3c2=O)cc1O. The van der Waals surface area contributed by atoms with Crippen molar-refractivity contribution in [2.45, 2.75) is 37.1 Å². The summed E-state index contributed by atoms with van der Waals surface area (Å²) in [5, 5.41) is 59.7. The van der Waals surface area contributed by atoms with Gasteiger partial charge in [0.05, 0.1) is 12.7 Å². The smallest absolute Gasteiger partial charge is 0.317 e. The molecule has 6 N–H and O–H groups in total. The first-order valence-corrected chi connectivity index (χ1v) is 11.4. The standard InChI is InChI=1S/C25H24O14/c1-35-15-3-2-10(4-13(15)26)12-8-36-16-6-11(5-14(27)20(16)21(12)31)38-25-24(34)23(33)22(32)17(39-25)9-37-19(30)7-18(28)29/h2-6,8,17,22-27,32-34H,7,9H2,1H3,(H,28,29). The zero-order valence-corrected chi connectivity index (χ0v) is 20.2. The van der Waals surface area contributed by atoms with E-state index in [4.69, 9.17) is 28.5 Å². The number of carbonyl (C=O) groups is 2. The summed E-state index contributed by atoms with van der Waals surface area (Å²) in [5.41, 5.74) is -0.403. The molecular weight excluding hydrogens is 524 g/mol. The summed E-state index contributed by atoms with van der Waals surface area (Å²) in [6.07, 6.45) is -8.17. The predicted octanol–water partition coefficient (Wildman–Crippen LogP) is 0.0841. The number of methoxy groups -OCH3 is 1. The van der Waals surface area contributed by atoms with Crippen molar-refractivity contribution in [3.63, 3.8) is 0 Å². The van der Waals surface area contributed by atoms with E-state index in [1.165, 1.54) is 31.4 Å². The lowest BCUT2D eigenvalue weighted by molar-refractivity contribution is -0.278. The van der Waals surface area contributed by atoms with Crippen LogP contribution in [0.2, 0.25) is 0 Å². The van der Waals surface area contributed by atoms with Gasteiger partial charge in [-0.15, -0.1) is 0 Å². The molecule has 0 amide bonds. The van der Waals surface area contributed by atoms with Gasteiger partial charge in [-0.3, -0.25) is 14.4 Å². The highest BCUT2D eigenvalue weighted by atomic mass is 16.7. The molecule has 208 valence electrons. The summed E-state index contributed by atoms with van der Waals surface area (Å²) in [7, 11) is 1.37. The van der Waals surface area contributed by atoms with Crippen molar-refractivity contribution in [3.05, 3.63) is 46.8 Å². The number of carboxylic acids is 1. The minimum atomic E-state index is -1.80. The highest BCUT2D eigenvalue weighted by Gasteiger charge is 2.45. The molecule has 2 heterocycles. The van der Waals surface area contributed by atoms with Crippen LogP contribution in [-0.4, -0.2) is 87.0 Å². The molecule has 1 aliphatic heterocycles. The quantitative estimate of drug-likeness (QED) is 0.162. The fourth-order valence-electron chi connectivity index (χ4n) is 3.97. The molecule has 5 atom stereocenters. The Kier molecular flexibility index (Phi) is 7.92. The Labute approximate surface area is 218 Å². The summed E-state index contributed by atoms with van der Waals surface area (Å²) >= 11 is 0. The second-order valence-electron chi connectivity index (χ2n) is 8.57. The largest absolute Gasteiger partial charge is 0.507 e. The minimum Gasteiger partial charge on any atom is -0.507 e. The molecule has 1 fully saturated rings. The molecule has 1 aromatic heterocycles. The number of aromatic hydroxyl groups is 2. The number of ether oxygens (including phenoxy) is 4. The summed E-state index contributed by atoms with van der Waals surface area (Å²) in [6.45, 7) is -0.654. The molecule has 14 heteroatoms. The van der Waals surface area contributed by atoms with Crippen LogP contribution in [0.1, 0.15) is 6.42 Å². The van der Waals surface area contributed by atoms with E-state index in [0.29, 0.717) is 5.56 Å². The van der Waals surface area contributed by atoms with Crippen LogP contribution in [0.25, 0.3) is 22.1 Å². The molecule has 0 saturated carbocycles. The van der Waals surface area contributed by atoms with Crippen LogP contribution in [0.4, 0.5) is 0 Å². The van der Waals surface area contributed by atoms with Gasteiger partial charge in [-0.05, 0) is 17.7 Å². The van der Waals surface area contributed by atoms with Gasteiger partial charge in [0.25, 0.3) is 0 Å². The molecule has 14 nitrogen and oxygen atoms in total. The number of hydrogen-bond donors (Lipinski definition) is 6. The van der Waals surface area contributed by atoms with Crippen LogP contribution in [0.5, 0.6) is 23.0 Å². The summed E-state index contributed by atoms with van der Waals surface area (Å²) < 4.78 is 26.2. The third kappa shape index (κ3) is 5.73. The number of esters is 1. The second-order valence-corrected chi connectivity index (χ2v) is 8.57. The Morgan fingerprint density at radius 3 is 2.41 bits per heavy atom. The summed E-state index contributed by atoms with van der Waals surface area (Å²) in [5.74, 6) is -3.28.